The number of carbonyl (C=O) groups excluding carboxylic acids is 2. The van der Waals surface area contributed by atoms with Crippen LogP contribution >= 0.6 is 0 Å². The second-order valence-corrected chi connectivity index (χ2v) is 6.34. The van der Waals surface area contributed by atoms with Crippen LogP contribution in [0.5, 0.6) is 0 Å². The highest BCUT2D eigenvalue weighted by molar-refractivity contribution is 5.98. The minimum Gasteiger partial charge on any atom is -0.350 e. The lowest BCUT2D eigenvalue weighted by Crippen LogP contribution is -2.55. The van der Waals surface area contributed by atoms with Crippen LogP contribution in [0.1, 0.15) is 37.0 Å². The van der Waals surface area contributed by atoms with Crippen molar-refractivity contribution in [3.8, 4) is 0 Å². The van der Waals surface area contributed by atoms with Crippen molar-refractivity contribution in [3.63, 3.8) is 0 Å². The fourth-order valence-electron chi connectivity index (χ4n) is 2.73. The molecule has 0 spiro atoms. The lowest BCUT2D eigenvalue weighted by Gasteiger charge is -2.28. The summed E-state index contributed by atoms with van der Waals surface area (Å²) in [6.45, 7) is 5.12. The molecule has 1 fully saturated rings. The summed E-state index contributed by atoms with van der Waals surface area (Å²) < 4.78 is 27.4. The molecule has 24 heavy (non-hydrogen) atoms. The number of halogens is 2. The molecular formula is C17H23F2N3O2. The summed E-state index contributed by atoms with van der Waals surface area (Å²) >= 11 is 0. The van der Waals surface area contributed by atoms with Gasteiger partial charge in [0.25, 0.3) is 5.91 Å². The summed E-state index contributed by atoms with van der Waals surface area (Å²) in [6, 6.07) is 2.34. The van der Waals surface area contributed by atoms with Crippen LogP contribution in [-0.4, -0.2) is 37.0 Å². The molecule has 1 heterocycles. The van der Waals surface area contributed by atoms with E-state index >= 15 is 0 Å². The van der Waals surface area contributed by atoms with Crippen LogP contribution in [-0.2, 0) is 4.79 Å². The Balaban J connectivity index is 2.07. The predicted octanol–water partition coefficient (Wildman–Crippen LogP) is 1.59. The smallest absolute Gasteiger partial charge is 0.257 e. The third-order valence-electron chi connectivity index (χ3n) is 4.07. The molecular weight excluding hydrogens is 316 g/mol. The lowest BCUT2D eigenvalue weighted by atomic mass is 10.0. The SMILES string of the molecule is CC(C)C(NC(=O)c1c(F)cccc1F)C(=O)N[C@H]1CCCNC1. The summed E-state index contributed by atoms with van der Waals surface area (Å²) in [6.07, 6.45) is 1.82. The molecule has 132 valence electrons. The van der Waals surface area contributed by atoms with E-state index in [1.165, 1.54) is 6.07 Å². The van der Waals surface area contributed by atoms with Gasteiger partial charge < -0.3 is 16.0 Å². The first-order valence-corrected chi connectivity index (χ1v) is 8.16. The maximum absolute atomic E-state index is 13.7. The van der Waals surface area contributed by atoms with Crippen molar-refractivity contribution in [1.82, 2.24) is 16.0 Å². The summed E-state index contributed by atoms with van der Waals surface area (Å²) in [7, 11) is 0. The minimum absolute atomic E-state index is 0.00500. The summed E-state index contributed by atoms with van der Waals surface area (Å²) in [5.74, 6) is -3.40. The van der Waals surface area contributed by atoms with Gasteiger partial charge in [0.05, 0.1) is 0 Å². The van der Waals surface area contributed by atoms with Gasteiger partial charge in [-0.2, -0.15) is 0 Å². The molecule has 0 bridgehead atoms. The van der Waals surface area contributed by atoms with Gasteiger partial charge in [-0.05, 0) is 37.4 Å². The fraction of sp³-hybridized carbons (Fsp3) is 0.529. The molecule has 0 aromatic heterocycles. The van der Waals surface area contributed by atoms with Crippen molar-refractivity contribution < 1.29 is 18.4 Å². The van der Waals surface area contributed by atoms with Crippen molar-refractivity contribution in [2.45, 2.75) is 38.8 Å². The van der Waals surface area contributed by atoms with Crippen molar-refractivity contribution in [2.24, 2.45) is 5.92 Å². The molecule has 1 saturated heterocycles. The van der Waals surface area contributed by atoms with Crippen LogP contribution in [0.2, 0.25) is 0 Å². The summed E-state index contributed by atoms with van der Waals surface area (Å²) in [5.41, 5.74) is -0.671. The molecule has 2 rings (SSSR count). The normalized spacial score (nSPS) is 19.0. The van der Waals surface area contributed by atoms with Crippen LogP contribution in [0.4, 0.5) is 8.78 Å². The number of hydrogen-bond donors (Lipinski definition) is 3. The number of amides is 2. The number of piperidine rings is 1. The number of benzene rings is 1. The van der Waals surface area contributed by atoms with Crippen LogP contribution in [0, 0.1) is 17.6 Å². The molecule has 5 nitrogen and oxygen atoms in total. The Morgan fingerprint density at radius 3 is 2.46 bits per heavy atom. The molecule has 0 aliphatic carbocycles. The van der Waals surface area contributed by atoms with E-state index in [9.17, 15) is 18.4 Å². The zero-order valence-electron chi connectivity index (χ0n) is 13.9. The van der Waals surface area contributed by atoms with Crippen molar-refractivity contribution >= 4 is 11.8 Å². The van der Waals surface area contributed by atoms with Crippen LogP contribution in [0.3, 0.4) is 0 Å². The van der Waals surface area contributed by atoms with Crippen molar-refractivity contribution in [1.29, 1.82) is 0 Å². The van der Waals surface area contributed by atoms with Gasteiger partial charge in [-0.1, -0.05) is 19.9 Å². The third-order valence-corrected chi connectivity index (χ3v) is 4.07. The van der Waals surface area contributed by atoms with Gasteiger partial charge in [-0.15, -0.1) is 0 Å². The highest BCUT2D eigenvalue weighted by Gasteiger charge is 2.28. The second kappa shape index (κ2) is 8.19. The first kappa shape index (κ1) is 18.3. The van der Waals surface area contributed by atoms with Gasteiger partial charge >= 0.3 is 0 Å². The van der Waals surface area contributed by atoms with Crippen LogP contribution in [0.15, 0.2) is 18.2 Å². The maximum atomic E-state index is 13.7. The Labute approximate surface area is 140 Å². The molecule has 1 aliphatic rings. The van der Waals surface area contributed by atoms with E-state index in [0.717, 1.165) is 31.5 Å². The van der Waals surface area contributed by atoms with E-state index in [1.54, 1.807) is 13.8 Å². The number of carbonyl (C=O) groups is 2. The van der Waals surface area contributed by atoms with Gasteiger partial charge in [0.2, 0.25) is 5.91 Å². The fourth-order valence-corrected chi connectivity index (χ4v) is 2.73. The van der Waals surface area contributed by atoms with Crippen LogP contribution in [0.25, 0.3) is 0 Å². The molecule has 2 amide bonds. The molecule has 0 saturated carbocycles. The van der Waals surface area contributed by atoms with Gasteiger partial charge in [-0.25, -0.2) is 8.78 Å². The lowest BCUT2D eigenvalue weighted by molar-refractivity contribution is -0.124. The van der Waals surface area contributed by atoms with Gasteiger partial charge in [0.15, 0.2) is 0 Å². The Hall–Kier alpha value is -2.02. The van der Waals surface area contributed by atoms with E-state index in [0.29, 0.717) is 6.54 Å². The highest BCUT2D eigenvalue weighted by Crippen LogP contribution is 2.13. The Kier molecular flexibility index (Phi) is 6.25. The summed E-state index contributed by atoms with van der Waals surface area (Å²) in [4.78, 5) is 24.7. The summed E-state index contributed by atoms with van der Waals surface area (Å²) in [5, 5.41) is 8.52. The quantitative estimate of drug-likeness (QED) is 0.763. The van der Waals surface area contributed by atoms with Gasteiger partial charge in [0.1, 0.15) is 23.2 Å². The zero-order chi connectivity index (χ0) is 17.7. The molecule has 2 atom stereocenters. The second-order valence-electron chi connectivity index (χ2n) is 6.34. The first-order chi connectivity index (χ1) is 11.4. The molecule has 1 aromatic rings. The maximum Gasteiger partial charge on any atom is 0.257 e. The number of rotatable bonds is 5. The van der Waals surface area contributed by atoms with Crippen LogP contribution < -0.4 is 16.0 Å². The third kappa shape index (κ3) is 4.50. The van der Waals surface area contributed by atoms with E-state index in [2.05, 4.69) is 16.0 Å². The molecule has 7 heteroatoms. The molecule has 3 N–H and O–H groups in total. The highest BCUT2D eigenvalue weighted by atomic mass is 19.1. The topological polar surface area (TPSA) is 70.2 Å². The molecule has 1 unspecified atom stereocenters. The van der Waals surface area contributed by atoms with Crippen molar-refractivity contribution in [2.75, 3.05) is 13.1 Å². The number of hydrogen-bond acceptors (Lipinski definition) is 3. The average Bonchev–Trinajstić information content (AvgIpc) is 2.53. The van der Waals surface area contributed by atoms with E-state index in [4.69, 9.17) is 0 Å². The minimum atomic E-state index is -0.952. The van der Waals surface area contributed by atoms with E-state index < -0.39 is 29.1 Å². The van der Waals surface area contributed by atoms with Crippen molar-refractivity contribution in [3.05, 3.63) is 35.4 Å². The Bertz CT molecular complexity index is 581. The van der Waals surface area contributed by atoms with Gasteiger partial charge in [-0.3, -0.25) is 9.59 Å². The average molecular weight is 339 g/mol. The molecule has 1 aliphatic heterocycles. The standard InChI is InChI=1S/C17H23F2N3O2/c1-10(2)15(17(24)21-11-5-4-8-20-9-11)22-16(23)14-12(18)6-3-7-13(14)19/h3,6-7,10-11,15,20H,4-5,8-9H2,1-2H3,(H,21,24)(H,22,23)/t11-,15?/m0/s1. The number of nitrogens with one attached hydrogen (secondary N) is 3. The van der Waals surface area contributed by atoms with E-state index in [1.807, 2.05) is 0 Å². The molecule has 1 aromatic carbocycles. The Morgan fingerprint density at radius 1 is 1.25 bits per heavy atom. The zero-order valence-corrected chi connectivity index (χ0v) is 13.9. The Morgan fingerprint density at radius 2 is 1.92 bits per heavy atom. The van der Waals surface area contributed by atoms with Gasteiger partial charge in [0, 0.05) is 12.6 Å². The van der Waals surface area contributed by atoms with E-state index in [-0.39, 0.29) is 17.9 Å². The largest absolute Gasteiger partial charge is 0.350 e. The molecule has 0 radical (unpaired) electrons. The monoisotopic (exact) mass is 339 g/mol. The predicted molar refractivity (Wildman–Crippen MR) is 86.5 cm³/mol. The first-order valence-electron chi connectivity index (χ1n) is 8.16.